The fraction of sp³-hybridized carbons (Fsp3) is 0.0169. The van der Waals surface area contributed by atoms with Crippen molar-refractivity contribution in [3.63, 3.8) is 0 Å². The molecule has 0 radical (unpaired) electrons. The van der Waals surface area contributed by atoms with Crippen LogP contribution in [0.5, 0.6) is 0 Å². The summed E-state index contributed by atoms with van der Waals surface area (Å²) in [4.78, 5) is 10.9. The van der Waals surface area contributed by atoms with E-state index in [0.29, 0.717) is 5.82 Å². The molecule has 0 spiro atoms. The van der Waals surface area contributed by atoms with Crippen LogP contribution in [0.2, 0.25) is 0 Å². The summed E-state index contributed by atoms with van der Waals surface area (Å²) in [5.41, 5.74) is 14.1. The van der Waals surface area contributed by atoms with Gasteiger partial charge >= 0.3 is 0 Å². The second kappa shape index (κ2) is 14.1. The third kappa shape index (κ3) is 5.43. The van der Waals surface area contributed by atoms with E-state index < -0.39 is 5.41 Å². The average Bonchev–Trinajstić information content (AvgIpc) is 3.65. The Hall–Kier alpha value is -7.94. The monoisotopic (exact) mass is 774 g/mol. The molecule has 2 nitrogen and oxygen atoms in total. The predicted molar refractivity (Wildman–Crippen MR) is 254 cm³/mol. The topological polar surface area (TPSA) is 25.8 Å². The highest BCUT2D eigenvalue weighted by atomic mass is 14.9. The molecule has 11 aromatic rings. The maximum atomic E-state index is 5.47. The van der Waals surface area contributed by atoms with Crippen molar-refractivity contribution in [2.24, 2.45) is 0 Å². The Balaban J connectivity index is 1.15. The van der Waals surface area contributed by atoms with Crippen LogP contribution in [0.25, 0.3) is 88.5 Å². The van der Waals surface area contributed by atoms with Crippen molar-refractivity contribution in [2.45, 2.75) is 5.41 Å². The minimum absolute atomic E-state index is 0.519. The zero-order valence-electron chi connectivity index (χ0n) is 33.3. The van der Waals surface area contributed by atoms with Crippen LogP contribution in [0.3, 0.4) is 0 Å². The number of benzene rings is 10. The molecule has 2 heteroatoms. The minimum Gasteiger partial charge on any atom is -0.228 e. The van der Waals surface area contributed by atoms with Crippen LogP contribution in [-0.4, -0.2) is 9.97 Å². The largest absolute Gasteiger partial charge is 0.228 e. The molecule has 1 aromatic heterocycles. The van der Waals surface area contributed by atoms with Gasteiger partial charge in [0.1, 0.15) is 0 Å². The highest BCUT2D eigenvalue weighted by molar-refractivity contribution is 6.21. The maximum Gasteiger partial charge on any atom is 0.160 e. The van der Waals surface area contributed by atoms with Gasteiger partial charge in [-0.1, -0.05) is 218 Å². The minimum atomic E-state index is -0.519. The number of fused-ring (bicyclic) bond motifs is 7. The van der Waals surface area contributed by atoms with Crippen molar-refractivity contribution >= 4 is 32.3 Å². The first-order valence-electron chi connectivity index (χ1n) is 21.0. The zero-order chi connectivity index (χ0) is 40.3. The number of hydrogen-bond donors (Lipinski definition) is 0. The van der Waals surface area contributed by atoms with Gasteiger partial charge in [0.15, 0.2) is 5.82 Å². The number of hydrogen-bond acceptors (Lipinski definition) is 2. The molecule has 12 rings (SSSR count). The molecule has 0 bridgehead atoms. The molecule has 0 saturated carbocycles. The molecule has 1 aliphatic carbocycles. The Morgan fingerprint density at radius 2 is 0.836 bits per heavy atom. The smallest absolute Gasteiger partial charge is 0.160 e. The second-order valence-electron chi connectivity index (χ2n) is 16.0. The molecule has 0 saturated heterocycles. The van der Waals surface area contributed by atoms with Crippen molar-refractivity contribution in [3.05, 3.63) is 253 Å². The third-order valence-electron chi connectivity index (χ3n) is 12.8. The van der Waals surface area contributed by atoms with E-state index in [0.717, 1.165) is 33.6 Å². The molecule has 0 N–H and O–H groups in total. The predicted octanol–water partition coefficient (Wildman–Crippen LogP) is 15.0. The lowest BCUT2D eigenvalue weighted by atomic mass is 9.67. The van der Waals surface area contributed by atoms with Crippen LogP contribution in [0, 0.1) is 0 Å². The van der Waals surface area contributed by atoms with E-state index in [2.05, 4.69) is 224 Å². The van der Waals surface area contributed by atoms with Gasteiger partial charge < -0.3 is 0 Å². The van der Waals surface area contributed by atoms with E-state index in [1.165, 1.54) is 71.3 Å². The first kappa shape index (κ1) is 35.0. The molecule has 0 atom stereocenters. The summed E-state index contributed by atoms with van der Waals surface area (Å²) in [6.07, 6.45) is 0. The summed E-state index contributed by atoms with van der Waals surface area (Å²) in [6, 6.07) is 83.5. The SMILES string of the molecule is c1ccc(-c2nc(-c3ccccc3-c3c4ccccc4cc4c3ccc3ccccc34)cc(-c3cccc4c3-c3ccccc3C4(c3ccccc3)c3ccccc3)n2)cc1. The zero-order valence-corrected chi connectivity index (χ0v) is 33.3. The standard InChI is InChI=1S/C59H38N2/c1-4-20-40(21-5-1)58-60-54(46-29-14-15-30-47(46)56-45-28-13-11-22-41(45)37-51-44-27-12-10-19-39(44)35-36-48(51)56)38-55(61-58)50-32-18-34-53-57(50)49-31-16-17-33-52(49)59(53,42-23-6-2-7-24-42)43-25-8-3-9-26-43/h1-38H. The Labute approximate surface area is 355 Å². The maximum absolute atomic E-state index is 5.47. The molecule has 1 heterocycles. The molecule has 284 valence electrons. The Bertz CT molecular complexity index is 3420. The van der Waals surface area contributed by atoms with Crippen LogP contribution in [-0.2, 0) is 5.41 Å². The van der Waals surface area contributed by atoms with Gasteiger partial charge in [-0.25, -0.2) is 9.97 Å². The molecule has 0 fully saturated rings. The third-order valence-corrected chi connectivity index (χ3v) is 12.8. The van der Waals surface area contributed by atoms with E-state index in [4.69, 9.17) is 9.97 Å². The van der Waals surface area contributed by atoms with E-state index in [1.807, 2.05) is 6.07 Å². The molecule has 0 amide bonds. The van der Waals surface area contributed by atoms with Crippen LogP contribution in [0.4, 0.5) is 0 Å². The van der Waals surface area contributed by atoms with Gasteiger partial charge in [-0.3, -0.25) is 0 Å². The summed E-state index contributed by atoms with van der Waals surface area (Å²) in [5.74, 6) is 0.693. The van der Waals surface area contributed by atoms with Gasteiger partial charge in [-0.05, 0) is 89.0 Å². The van der Waals surface area contributed by atoms with Gasteiger partial charge in [0.25, 0.3) is 0 Å². The Morgan fingerprint density at radius 3 is 1.57 bits per heavy atom. The molecule has 10 aromatic carbocycles. The second-order valence-corrected chi connectivity index (χ2v) is 16.0. The summed E-state index contributed by atoms with van der Waals surface area (Å²) >= 11 is 0. The highest BCUT2D eigenvalue weighted by Gasteiger charge is 2.46. The first-order chi connectivity index (χ1) is 30.3. The fourth-order valence-electron chi connectivity index (χ4n) is 10.2. The lowest BCUT2D eigenvalue weighted by molar-refractivity contribution is 0.768. The van der Waals surface area contributed by atoms with Crippen molar-refractivity contribution in [1.29, 1.82) is 0 Å². The lowest BCUT2D eigenvalue weighted by Gasteiger charge is -2.33. The summed E-state index contributed by atoms with van der Waals surface area (Å²) in [6.45, 7) is 0. The van der Waals surface area contributed by atoms with Crippen molar-refractivity contribution < 1.29 is 0 Å². The molecule has 1 aliphatic rings. The number of nitrogens with zero attached hydrogens (tertiary/aromatic N) is 2. The Morgan fingerprint density at radius 1 is 0.295 bits per heavy atom. The van der Waals surface area contributed by atoms with Crippen LogP contribution < -0.4 is 0 Å². The fourth-order valence-corrected chi connectivity index (χ4v) is 10.2. The molecule has 61 heavy (non-hydrogen) atoms. The molecule has 0 aliphatic heterocycles. The summed E-state index contributed by atoms with van der Waals surface area (Å²) in [7, 11) is 0. The van der Waals surface area contributed by atoms with Crippen molar-refractivity contribution in [3.8, 4) is 56.2 Å². The van der Waals surface area contributed by atoms with E-state index in [9.17, 15) is 0 Å². The van der Waals surface area contributed by atoms with Crippen molar-refractivity contribution in [1.82, 2.24) is 9.97 Å². The first-order valence-corrected chi connectivity index (χ1v) is 21.0. The van der Waals surface area contributed by atoms with Gasteiger partial charge in [0, 0.05) is 16.7 Å². The van der Waals surface area contributed by atoms with Crippen LogP contribution >= 0.6 is 0 Å². The van der Waals surface area contributed by atoms with Gasteiger partial charge in [-0.15, -0.1) is 0 Å². The summed E-state index contributed by atoms with van der Waals surface area (Å²) in [5, 5.41) is 7.37. The molecular formula is C59H38N2. The lowest BCUT2D eigenvalue weighted by Crippen LogP contribution is -2.28. The number of aromatic nitrogens is 2. The molecular weight excluding hydrogens is 737 g/mol. The van der Waals surface area contributed by atoms with Crippen LogP contribution in [0.1, 0.15) is 22.3 Å². The van der Waals surface area contributed by atoms with E-state index in [1.54, 1.807) is 0 Å². The van der Waals surface area contributed by atoms with Crippen molar-refractivity contribution in [2.75, 3.05) is 0 Å². The normalized spacial score (nSPS) is 12.7. The van der Waals surface area contributed by atoms with Gasteiger partial charge in [0.05, 0.1) is 16.8 Å². The van der Waals surface area contributed by atoms with Gasteiger partial charge in [-0.2, -0.15) is 0 Å². The Kier molecular flexibility index (Phi) is 8.11. The quantitative estimate of drug-likeness (QED) is 0.124. The number of rotatable bonds is 6. The summed E-state index contributed by atoms with van der Waals surface area (Å²) < 4.78 is 0. The van der Waals surface area contributed by atoms with E-state index in [-0.39, 0.29) is 0 Å². The van der Waals surface area contributed by atoms with E-state index >= 15 is 0 Å². The van der Waals surface area contributed by atoms with Gasteiger partial charge in [0.2, 0.25) is 0 Å². The highest BCUT2D eigenvalue weighted by Crippen LogP contribution is 2.58. The van der Waals surface area contributed by atoms with Crippen LogP contribution in [0.15, 0.2) is 231 Å². The molecule has 0 unspecified atom stereocenters. The average molecular weight is 775 g/mol.